The van der Waals surface area contributed by atoms with Crippen LogP contribution in [0.15, 0.2) is 30.3 Å². The Morgan fingerprint density at radius 2 is 2.17 bits per heavy atom. The Hall–Kier alpha value is -1.39. The van der Waals surface area contributed by atoms with Crippen LogP contribution in [0.25, 0.3) is 0 Å². The van der Waals surface area contributed by atoms with Crippen molar-refractivity contribution >= 4 is 5.97 Å². The van der Waals surface area contributed by atoms with Crippen LogP contribution in [0.4, 0.5) is 0 Å². The predicted octanol–water partition coefficient (Wildman–Crippen LogP) is 1.18. The molecule has 0 amide bonds. The molecule has 4 nitrogen and oxygen atoms in total. The van der Waals surface area contributed by atoms with Crippen LogP contribution in [0.1, 0.15) is 18.4 Å². The van der Waals surface area contributed by atoms with E-state index in [1.54, 1.807) is 0 Å². The van der Waals surface area contributed by atoms with Gasteiger partial charge in [-0.3, -0.25) is 9.69 Å². The number of piperidine rings is 1. The second-order valence-corrected chi connectivity index (χ2v) is 4.67. The molecule has 18 heavy (non-hydrogen) atoms. The number of esters is 1. The average Bonchev–Trinajstić information content (AvgIpc) is 2.41. The molecule has 0 unspecified atom stereocenters. The standard InChI is InChI=1S/C14H19NO3/c1-18-14(17)13-9-12(16)7-8-15(13)10-11-5-3-2-4-6-11/h2-6,12-13,16H,7-10H2,1H3/t12-,13-/m0/s1. The monoisotopic (exact) mass is 249 g/mol. The van der Waals surface area contributed by atoms with Crippen molar-refractivity contribution < 1.29 is 14.6 Å². The third-order valence-corrected chi connectivity index (χ3v) is 3.39. The molecule has 0 aliphatic carbocycles. The lowest BCUT2D eigenvalue weighted by molar-refractivity contribution is -0.150. The molecule has 0 saturated carbocycles. The SMILES string of the molecule is COC(=O)[C@@H]1C[C@@H](O)CCN1Cc1ccccc1. The molecule has 2 atom stereocenters. The number of nitrogens with zero attached hydrogens (tertiary/aromatic N) is 1. The van der Waals surface area contributed by atoms with E-state index < -0.39 is 6.10 Å². The van der Waals surface area contributed by atoms with Crippen LogP contribution < -0.4 is 0 Å². The van der Waals surface area contributed by atoms with E-state index in [0.717, 1.165) is 6.54 Å². The number of aliphatic hydroxyl groups excluding tert-OH is 1. The number of carbonyl (C=O) groups excluding carboxylic acids is 1. The second kappa shape index (κ2) is 5.98. The zero-order chi connectivity index (χ0) is 13.0. The Balaban J connectivity index is 2.07. The second-order valence-electron chi connectivity index (χ2n) is 4.67. The third-order valence-electron chi connectivity index (χ3n) is 3.39. The van der Waals surface area contributed by atoms with Crippen LogP contribution in [0.3, 0.4) is 0 Å². The number of ether oxygens (including phenoxy) is 1. The topological polar surface area (TPSA) is 49.8 Å². The van der Waals surface area contributed by atoms with Crippen molar-refractivity contribution in [3.8, 4) is 0 Å². The van der Waals surface area contributed by atoms with Gasteiger partial charge in [0.05, 0.1) is 13.2 Å². The lowest BCUT2D eigenvalue weighted by Gasteiger charge is -2.36. The maximum Gasteiger partial charge on any atom is 0.323 e. The van der Waals surface area contributed by atoms with Crippen molar-refractivity contribution in [2.45, 2.75) is 31.5 Å². The van der Waals surface area contributed by atoms with Gasteiger partial charge in [0, 0.05) is 13.1 Å². The summed E-state index contributed by atoms with van der Waals surface area (Å²) in [6.45, 7) is 1.43. The van der Waals surface area contributed by atoms with Crippen molar-refractivity contribution in [3.63, 3.8) is 0 Å². The van der Waals surface area contributed by atoms with E-state index in [1.807, 2.05) is 30.3 Å². The molecule has 0 aromatic heterocycles. The summed E-state index contributed by atoms with van der Waals surface area (Å²) in [6, 6.07) is 9.70. The minimum Gasteiger partial charge on any atom is -0.468 e. The van der Waals surface area contributed by atoms with E-state index in [2.05, 4.69) is 4.90 Å². The first-order valence-corrected chi connectivity index (χ1v) is 6.24. The smallest absolute Gasteiger partial charge is 0.323 e. The van der Waals surface area contributed by atoms with E-state index in [0.29, 0.717) is 19.4 Å². The Morgan fingerprint density at radius 3 is 2.83 bits per heavy atom. The van der Waals surface area contributed by atoms with Crippen LogP contribution in [-0.4, -0.2) is 41.8 Å². The van der Waals surface area contributed by atoms with Gasteiger partial charge in [0.15, 0.2) is 0 Å². The largest absolute Gasteiger partial charge is 0.468 e. The average molecular weight is 249 g/mol. The van der Waals surface area contributed by atoms with Gasteiger partial charge in [-0.1, -0.05) is 30.3 Å². The van der Waals surface area contributed by atoms with Gasteiger partial charge in [0.2, 0.25) is 0 Å². The summed E-state index contributed by atoms with van der Waals surface area (Å²) in [5.74, 6) is -0.260. The number of methoxy groups -OCH3 is 1. The summed E-state index contributed by atoms with van der Waals surface area (Å²) in [4.78, 5) is 13.8. The van der Waals surface area contributed by atoms with Gasteiger partial charge in [0.1, 0.15) is 6.04 Å². The maximum atomic E-state index is 11.7. The van der Waals surface area contributed by atoms with Crippen LogP contribution >= 0.6 is 0 Å². The van der Waals surface area contributed by atoms with Gasteiger partial charge in [-0.2, -0.15) is 0 Å². The van der Waals surface area contributed by atoms with Crippen molar-refractivity contribution in [1.29, 1.82) is 0 Å². The first kappa shape index (κ1) is 13.1. The molecular weight excluding hydrogens is 230 g/mol. The molecule has 1 saturated heterocycles. The van der Waals surface area contributed by atoms with E-state index in [1.165, 1.54) is 12.7 Å². The maximum absolute atomic E-state index is 11.7. The summed E-state index contributed by atoms with van der Waals surface area (Å²) in [7, 11) is 1.39. The van der Waals surface area contributed by atoms with E-state index >= 15 is 0 Å². The number of hydrogen-bond donors (Lipinski definition) is 1. The molecule has 0 radical (unpaired) electrons. The lowest BCUT2D eigenvalue weighted by Crippen LogP contribution is -2.48. The molecule has 1 aliphatic rings. The molecule has 1 N–H and O–H groups in total. The van der Waals surface area contributed by atoms with E-state index in [-0.39, 0.29) is 12.0 Å². The summed E-state index contributed by atoms with van der Waals surface area (Å²) >= 11 is 0. The zero-order valence-corrected chi connectivity index (χ0v) is 10.6. The molecule has 4 heteroatoms. The Labute approximate surface area is 107 Å². The fourth-order valence-electron chi connectivity index (χ4n) is 2.38. The highest BCUT2D eigenvalue weighted by Crippen LogP contribution is 2.21. The highest BCUT2D eigenvalue weighted by molar-refractivity contribution is 5.75. The number of likely N-dealkylation sites (tertiary alicyclic amines) is 1. The van der Waals surface area contributed by atoms with Gasteiger partial charge < -0.3 is 9.84 Å². The molecule has 1 aliphatic heterocycles. The first-order valence-electron chi connectivity index (χ1n) is 6.24. The summed E-state index contributed by atoms with van der Waals surface area (Å²) in [5, 5.41) is 9.67. The molecular formula is C14H19NO3. The summed E-state index contributed by atoms with van der Waals surface area (Å²) < 4.78 is 4.81. The van der Waals surface area contributed by atoms with Crippen LogP contribution in [0, 0.1) is 0 Å². The quantitative estimate of drug-likeness (QED) is 0.817. The predicted molar refractivity (Wildman–Crippen MR) is 67.9 cm³/mol. The molecule has 1 aromatic carbocycles. The molecule has 1 aromatic rings. The first-order chi connectivity index (χ1) is 8.70. The number of benzene rings is 1. The van der Waals surface area contributed by atoms with Crippen molar-refractivity contribution in [2.75, 3.05) is 13.7 Å². The fraction of sp³-hybridized carbons (Fsp3) is 0.500. The molecule has 2 rings (SSSR count). The highest BCUT2D eigenvalue weighted by atomic mass is 16.5. The minimum absolute atomic E-state index is 0.260. The Kier molecular flexibility index (Phi) is 4.33. The van der Waals surface area contributed by atoms with Gasteiger partial charge in [0.25, 0.3) is 0 Å². The molecule has 98 valence electrons. The molecule has 0 bridgehead atoms. The third kappa shape index (κ3) is 3.09. The number of carbonyl (C=O) groups is 1. The van der Waals surface area contributed by atoms with Crippen molar-refractivity contribution in [2.24, 2.45) is 0 Å². The lowest BCUT2D eigenvalue weighted by atomic mass is 9.98. The van der Waals surface area contributed by atoms with Crippen LogP contribution in [0.2, 0.25) is 0 Å². The van der Waals surface area contributed by atoms with Crippen molar-refractivity contribution in [3.05, 3.63) is 35.9 Å². The Morgan fingerprint density at radius 1 is 1.44 bits per heavy atom. The van der Waals surface area contributed by atoms with Crippen LogP contribution in [0.5, 0.6) is 0 Å². The molecule has 0 spiro atoms. The van der Waals surface area contributed by atoms with Gasteiger partial charge in [-0.15, -0.1) is 0 Å². The fourth-order valence-corrected chi connectivity index (χ4v) is 2.38. The molecule has 1 fully saturated rings. The minimum atomic E-state index is -0.402. The summed E-state index contributed by atoms with van der Waals surface area (Å²) in [5.41, 5.74) is 1.17. The zero-order valence-electron chi connectivity index (χ0n) is 10.6. The number of rotatable bonds is 3. The van der Waals surface area contributed by atoms with Gasteiger partial charge in [-0.05, 0) is 18.4 Å². The van der Waals surface area contributed by atoms with Gasteiger partial charge in [-0.25, -0.2) is 0 Å². The Bertz CT molecular complexity index is 393. The van der Waals surface area contributed by atoms with E-state index in [4.69, 9.17) is 4.74 Å². The number of aliphatic hydroxyl groups is 1. The van der Waals surface area contributed by atoms with Gasteiger partial charge >= 0.3 is 5.97 Å². The summed E-state index contributed by atoms with van der Waals surface area (Å²) in [6.07, 6.45) is 0.765. The normalized spacial score (nSPS) is 24.8. The van der Waals surface area contributed by atoms with Crippen molar-refractivity contribution in [1.82, 2.24) is 4.90 Å². The van der Waals surface area contributed by atoms with E-state index in [9.17, 15) is 9.90 Å². The number of hydrogen-bond acceptors (Lipinski definition) is 4. The van der Waals surface area contributed by atoms with Crippen LogP contribution in [-0.2, 0) is 16.1 Å². The molecule has 1 heterocycles. The highest BCUT2D eigenvalue weighted by Gasteiger charge is 2.33.